The first kappa shape index (κ1) is 19.8. The second-order valence-electron chi connectivity index (χ2n) is 7.85. The molecule has 0 unspecified atom stereocenters. The minimum Gasteiger partial charge on any atom is -0.497 e. The summed E-state index contributed by atoms with van der Waals surface area (Å²) in [6, 6.07) is 7.30. The number of carbonyl (C=O) groups is 1. The van der Waals surface area contributed by atoms with Crippen molar-refractivity contribution in [3.8, 4) is 5.75 Å². The van der Waals surface area contributed by atoms with Gasteiger partial charge in [-0.1, -0.05) is 37.4 Å². The Kier molecular flexibility index (Phi) is 5.69. The van der Waals surface area contributed by atoms with E-state index in [1.165, 1.54) is 37.4 Å². The number of amides is 1. The Morgan fingerprint density at radius 3 is 2.61 bits per heavy atom. The molecule has 1 saturated carbocycles. The van der Waals surface area contributed by atoms with E-state index in [4.69, 9.17) is 4.74 Å². The van der Waals surface area contributed by atoms with Crippen molar-refractivity contribution in [3.05, 3.63) is 24.3 Å². The lowest BCUT2D eigenvalue weighted by Gasteiger charge is -2.24. The van der Waals surface area contributed by atoms with Crippen molar-refractivity contribution in [3.63, 3.8) is 0 Å². The van der Waals surface area contributed by atoms with Crippen LogP contribution in [-0.4, -0.2) is 49.4 Å². The lowest BCUT2D eigenvalue weighted by Crippen LogP contribution is -2.37. The number of thioether (sulfide) groups is 1. The Hall–Kier alpha value is -1.54. The van der Waals surface area contributed by atoms with Crippen LogP contribution < -0.4 is 9.64 Å². The first-order valence-electron chi connectivity index (χ1n) is 9.87. The zero-order valence-corrected chi connectivity index (χ0v) is 17.7. The number of amidine groups is 1. The summed E-state index contributed by atoms with van der Waals surface area (Å²) in [5, 5.41) is 0.556. The molecule has 6 nitrogen and oxygen atoms in total. The van der Waals surface area contributed by atoms with Gasteiger partial charge in [0.1, 0.15) is 5.75 Å². The standard InChI is InChI=1S/C20H26N2O4S2/c1-26-16-9-7-15(8-10-16)22-17-12-28(24,25)13-18(17)27-20(22)21-19(23)11-6-14-4-2-3-5-14/h7-10,14,17-18H,2-6,11-13H2,1H3/t17-,18+/m0/s1. The fourth-order valence-electron chi connectivity index (χ4n) is 4.40. The molecule has 3 fully saturated rings. The van der Waals surface area contributed by atoms with Crippen LogP contribution in [0.4, 0.5) is 5.69 Å². The number of methoxy groups -OCH3 is 1. The number of rotatable bonds is 5. The molecule has 28 heavy (non-hydrogen) atoms. The first-order chi connectivity index (χ1) is 13.4. The van der Waals surface area contributed by atoms with Crippen LogP contribution in [0.3, 0.4) is 0 Å². The summed E-state index contributed by atoms with van der Waals surface area (Å²) in [6.45, 7) is 0. The Labute approximate surface area is 170 Å². The van der Waals surface area contributed by atoms with Crippen molar-refractivity contribution in [1.82, 2.24) is 0 Å². The van der Waals surface area contributed by atoms with Gasteiger partial charge in [-0.2, -0.15) is 4.99 Å². The topological polar surface area (TPSA) is 76.0 Å². The zero-order chi connectivity index (χ0) is 19.7. The van der Waals surface area contributed by atoms with Gasteiger partial charge in [-0.3, -0.25) is 4.79 Å². The fraction of sp³-hybridized carbons (Fsp3) is 0.600. The van der Waals surface area contributed by atoms with Gasteiger partial charge in [-0.15, -0.1) is 0 Å². The molecule has 4 rings (SSSR count). The molecule has 2 aliphatic heterocycles. The number of ether oxygens (including phenoxy) is 1. The van der Waals surface area contributed by atoms with E-state index in [2.05, 4.69) is 4.99 Å². The van der Waals surface area contributed by atoms with Crippen LogP contribution in [-0.2, 0) is 14.6 Å². The largest absolute Gasteiger partial charge is 0.497 e. The summed E-state index contributed by atoms with van der Waals surface area (Å²) >= 11 is 1.43. The second-order valence-corrected chi connectivity index (χ2v) is 11.2. The average molecular weight is 423 g/mol. The molecule has 0 bridgehead atoms. The molecule has 1 amide bonds. The number of fused-ring (bicyclic) bond motifs is 1. The average Bonchev–Trinajstić information content (AvgIpc) is 3.35. The van der Waals surface area contributed by atoms with Gasteiger partial charge in [0.15, 0.2) is 15.0 Å². The van der Waals surface area contributed by atoms with Crippen molar-refractivity contribution in [2.45, 2.75) is 49.8 Å². The fourth-order valence-corrected chi connectivity index (χ4v) is 8.33. The van der Waals surface area contributed by atoms with E-state index in [1.54, 1.807) is 7.11 Å². The number of benzene rings is 1. The predicted molar refractivity (Wildman–Crippen MR) is 113 cm³/mol. The molecule has 152 valence electrons. The lowest BCUT2D eigenvalue weighted by atomic mass is 10.0. The van der Waals surface area contributed by atoms with Crippen molar-refractivity contribution in [1.29, 1.82) is 0 Å². The molecule has 8 heteroatoms. The molecule has 0 radical (unpaired) electrons. The third-order valence-electron chi connectivity index (χ3n) is 5.88. The number of carbonyl (C=O) groups excluding carboxylic acids is 1. The van der Waals surface area contributed by atoms with E-state index >= 15 is 0 Å². The molecule has 2 atom stereocenters. The molecule has 0 aromatic heterocycles. The third kappa shape index (κ3) is 4.22. The predicted octanol–water partition coefficient (Wildman–Crippen LogP) is 3.27. The number of nitrogens with zero attached hydrogens (tertiary/aromatic N) is 2. The Morgan fingerprint density at radius 2 is 1.93 bits per heavy atom. The molecule has 1 aliphatic carbocycles. The van der Waals surface area contributed by atoms with Gasteiger partial charge in [0.25, 0.3) is 0 Å². The van der Waals surface area contributed by atoms with Gasteiger partial charge in [0, 0.05) is 17.4 Å². The number of aliphatic imine (C=N–C) groups is 1. The van der Waals surface area contributed by atoms with Gasteiger partial charge < -0.3 is 9.64 Å². The maximum absolute atomic E-state index is 12.5. The van der Waals surface area contributed by atoms with E-state index in [0.29, 0.717) is 17.5 Å². The van der Waals surface area contributed by atoms with Crippen LogP contribution in [0.15, 0.2) is 29.3 Å². The maximum atomic E-state index is 12.5. The number of hydrogen-bond donors (Lipinski definition) is 0. The van der Waals surface area contributed by atoms with Gasteiger partial charge in [-0.05, 0) is 36.6 Å². The molecular formula is C20H26N2O4S2. The highest BCUT2D eigenvalue weighted by Gasteiger charge is 2.49. The highest BCUT2D eigenvalue weighted by atomic mass is 32.2. The molecule has 0 spiro atoms. The van der Waals surface area contributed by atoms with E-state index < -0.39 is 9.84 Å². The minimum atomic E-state index is -3.06. The van der Waals surface area contributed by atoms with E-state index in [1.807, 2.05) is 29.2 Å². The van der Waals surface area contributed by atoms with Crippen LogP contribution in [0.5, 0.6) is 5.75 Å². The van der Waals surface area contributed by atoms with Crippen molar-refractivity contribution < 1.29 is 17.9 Å². The molecule has 0 N–H and O–H groups in total. The lowest BCUT2D eigenvalue weighted by molar-refractivity contribution is -0.118. The van der Waals surface area contributed by atoms with Crippen LogP contribution >= 0.6 is 11.8 Å². The van der Waals surface area contributed by atoms with E-state index in [0.717, 1.165) is 17.9 Å². The number of sulfone groups is 1. The molecule has 1 aromatic rings. The highest BCUT2D eigenvalue weighted by Crippen LogP contribution is 2.41. The quantitative estimate of drug-likeness (QED) is 0.725. The summed E-state index contributed by atoms with van der Waals surface area (Å²) in [5.74, 6) is 1.53. The monoisotopic (exact) mass is 422 g/mol. The molecule has 3 aliphatic rings. The van der Waals surface area contributed by atoms with E-state index in [9.17, 15) is 13.2 Å². The molecule has 2 heterocycles. The first-order valence-corrected chi connectivity index (χ1v) is 12.6. The van der Waals surface area contributed by atoms with Crippen LogP contribution in [0.2, 0.25) is 0 Å². The summed E-state index contributed by atoms with van der Waals surface area (Å²) in [5.41, 5.74) is 0.847. The minimum absolute atomic E-state index is 0.0755. The van der Waals surface area contributed by atoms with Gasteiger partial charge in [0.05, 0.1) is 24.7 Å². The van der Waals surface area contributed by atoms with Crippen LogP contribution in [0.1, 0.15) is 38.5 Å². The smallest absolute Gasteiger partial charge is 0.248 e. The normalized spacial score (nSPS) is 28.0. The van der Waals surface area contributed by atoms with Crippen molar-refractivity contribution >= 4 is 38.4 Å². The van der Waals surface area contributed by atoms with Gasteiger partial charge >= 0.3 is 0 Å². The van der Waals surface area contributed by atoms with Crippen LogP contribution in [0.25, 0.3) is 0 Å². The summed E-state index contributed by atoms with van der Waals surface area (Å²) < 4.78 is 29.5. The Morgan fingerprint density at radius 1 is 1.21 bits per heavy atom. The second kappa shape index (κ2) is 8.06. The molecule has 1 aromatic carbocycles. The van der Waals surface area contributed by atoms with E-state index in [-0.39, 0.29) is 28.7 Å². The van der Waals surface area contributed by atoms with Gasteiger partial charge in [-0.25, -0.2) is 8.42 Å². The van der Waals surface area contributed by atoms with Crippen LogP contribution in [0, 0.1) is 5.92 Å². The Bertz CT molecular complexity index is 861. The van der Waals surface area contributed by atoms with Crippen molar-refractivity contribution in [2.24, 2.45) is 10.9 Å². The highest BCUT2D eigenvalue weighted by molar-refractivity contribution is 8.16. The number of hydrogen-bond acceptors (Lipinski definition) is 5. The zero-order valence-electron chi connectivity index (χ0n) is 16.0. The summed E-state index contributed by atoms with van der Waals surface area (Å²) in [6.07, 6.45) is 6.36. The number of anilines is 1. The molecular weight excluding hydrogens is 396 g/mol. The third-order valence-corrected chi connectivity index (χ3v) is 9.09. The summed E-state index contributed by atoms with van der Waals surface area (Å²) in [7, 11) is -1.45. The van der Waals surface area contributed by atoms with Crippen molar-refractivity contribution in [2.75, 3.05) is 23.5 Å². The van der Waals surface area contributed by atoms with Gasteiger partial charge in [0.2, 0.25) is 5.91 Å². The molecule has 2 saturated heterocycles. The Balaban J connectivity index is 1.54. The SMILES string of the molecule is COc1ccc(N2C(=NC(=O)CCC3CCCC3)S[C@@H]3CS(=O)(=O)C[C@@H]32)cc1. The maximum Gasteiger partial charge on any atom is 0.248 e. The summed E-state index contributed by atoms with van der Waals surface area (Å²) in [4.78, 5) is 18.9.